The summed E-state index contributed by atoms with van der Waals surface area (Å²) in [5.74, 6) is 3.58. The van der Waals surface area contributed by atoms with E-state index in [4.69, 9.17) is 4.74 Å². The highest BCUT2D eigenvalue weighted by Gasteiger charge is 2.70. The van der Waals surface area contributed by atoms with Crippen LogP contribution in [0.15, 0.2) is 0 Å². The molecule has 0 heterocycles. The number of hydrogen-bond acceptors (Lipinski definition) is 3. The van der Waals surface area contributed by atoms with Crippen LogP contribution in [0.1, 0.15) is 127 Å². The fraction of sp³-hybridized carbons (Fsp3) is 0.969. The predicted molar refractivity (Wildman–Crippen MR) is 144 cm³/mol. The molecule has 3 nitrogen and oxygen atoms in total. The zero-order valence-corrected chi connectivity index (χ0v) is 24.5. The van der Waals surface area contributed by atoms with Gasteiger partial charge in [-0.2, -0.15) is 0 Å². The Balaban J connectivity index is 1.59. The van der Waals surface area contributed by atoms with E-state index in [9.17, 15) is 9.90 Å². The summed E-state index contributed by atoms with van der Waals surface area (Å²) in [6.45, 7) is 21.1. The summed E-state index contributed by atoms with van der Waals surface area (Å²) in [6, 6.07) is 0. The summed E-state index contributed by atoms with van der Waals surface area (Å²) in [5, 5.41) is 12.0. The summed E-state index contributed by atoms with van der Waals surface area (Å²) in [5.41, 5.74) is 0.624. The lowest BCUT2D eigenvalue weighted by Crippen LogP contribution is -2.65. The van der Waals surface area contributed by atoms with Gasteiger partial charge in [-0.05, 0) is 96.7 Å². The van der Waals surface area contributed by atoms with Crippen molar-refractivity contribution in [1.82, 2.24) is 0 Å². The fourth-order valence-electron chi connectivity index (χ4n) is 11.0. The van der Waals surface area contributed by atoms with E-state index in [-0.39, 0.29) is 34.4 Å². The van der Waals surface area contributed by atoms with E-state index in [1.54, 1.807) is 6.92 Å². The molecule has 0 amide bonds. The van der Waals surface area contributed by atoms with E-state index < -0.39 is 0 Å². The maximum Gasteiger partial charge on any atom is 0.302 e. The zero-order valence-electron chi connectivity index (χ0n) is 24.5. The van der Waals surface area contributed by atoms with E-state index in [0.29, 0.717) is 23.2 Å². The van der Waals surface area contributed by atoms with Crippen molar-refractivity contribution in [2.75, 3.05) is 0 Å². The Kier molecular flexibility index (Phi) is 7.31. The quantitative estimate of drug-likeness (QED) is 0.385. The Hall–Kier alpha value is -0.570. The van der Waals surface area contributed by atoms with Gasteiger partial charge < -0.3 is 9.84 Å². The highest BCUT2D eigenvalue weighted by molar-refractivity contribution is 5.66. The molecule has 0 bridgehead atoms. The summed E-state index contributed by atoms with van der Waals surface area (Å²) >= 11 is 0. The van der Waals surface area contributed by atoms with Gasteiger partial charge in [-0.25, -0.2) is 0 Å². The summed E-state index contributed by atoms with van der Waals surface area (Å²) < 4.78 is 5.85. The Morgan fingerprint density at radius 3 is 2.26 bits per heavy atom. The van der Waals surface area contributed by atoms with Gasteiger partial charge in [0, 0.05) is 12.3 Å². The van der Waals surface area contributed by atoms with Crippen LogP contribution in [-0.4, -0.2) is 23.3 Å². The minimum Gasteiger partial charge on any atom is -0.462 e. The molecule has 4 saturated carbocycles. The number of aliphatic hydroxyl groups excluding tert-OH is 1. The third-order valence-electron chi connectivity index (χ3n) is 12.8. The number of ether oxygens (including phenoxy) is 1. The lowest BCUT2D eigenvalue weighted by atomic mass is 9.37. The minimum absolute atomic E-state index is 0.00115. The van der Waals surface area contributed by atoms with Crippen LogP contribution in [0.3, 0.4) is 0 Å². The van der Waals surface area contributed by atoms with Gasteiger partial charge in [-0.1, -0.05) is 74.7 Å². The molecule has 4 aliphatic carbocycles. The van der Waals surface area contributed by atoms with Gasteiger partial charge >= 0.3 is 5.97 Å². The molecule has 4 fully saturated rings. The number of aliphatic hydroxyl groups is 1. The maximum absolute atomic E-state index is 12.0. The molecule has 10 unspecified atom stereocenters. The first kappa shape index (κ1) is 27.5. The van der Waals surface area contributed by atoms with Crippen molar-refractivity contribution in [1.29, 1.82) is 0 Å². The van der Waals surface area contributed by atoms with Crippen molar-refractivity contribution in [2.45, 2.75) is 139 Å². The van der Waals surface area contributed by atoms with Crippen LogP contribution >= 0.6 is 0 Å². The van der Waals surface area contributed by atoms with Crippen LogP contribution in [0.4, 0.5) is 0 Å². The van der Waals surface area contributed by atoms with Crippen LogP contribution in [0, 0.1) is 57.2 Å². The molecule has 0 spiro atoms. The van der Waals surface area contributed by atoms with E-state index >= 15 is 0 Å². The molecule has 0 saturated heterocycles. The number of carbonyl (C=O) groups excluding carboxylic acids is 1. The first-order chi connectivity index (χ1) is 16.2. The van der Waals surface area contributed by atoms with Gasteiger partial charge in [0.1, 0.15) is 6.10 Å². The molecular formula is C32H56O3. The number of fused-ring (bicyclic) bond motifs is 5. The molecule has 4 aliphatic rings. The van der Waals surface area contributed by atoms with Gasteiger partial charge in [0.15, 0.2) is 0 Å². The molecule has 202 valence electrons. The molecule has 0 aromatic heterocycles. The van der Waals surface area contributed by atoms with E-state index in [1.807, 2.05) is 0 Å². The molecule has 4 rings (SSSR count). The zero-order chi connectivity index (χ0) is 26.0. The first-order valence-electron chi connectivity index (χ1n) is 15.0. The third kappa shape index (κ3) is 4.22. The summed E-state index contributed by atoms with van der Waals surface area (Å²) in [7, 11) is 0. The number of rotatable bonds is 6. The number of esters is 1. The molecule has 0 aromatic carbocycles. The van der Waals surface area contributed by atoms with Gasteiger partial charge in [-0.15, -0.1) is 0 Å². The Morgan fingerprint density at radius 2 is 1.63 bits per heavy atom. The van der Waals surface area contributed by atoms with Crippen LogP contribution in [-0.2, 0) is 9.53 Å². The molecule has 10 atom stereocenters. The van der Waals surface area contributed by atoms with Gasteiger partial charge in [-0.3, -0.25) is 4.79 Å². The van der Waals surface area contributed by atoms with Crippen LogP contribution in [0.2, 0.25) is 0 Å². The highest BCUT2D eigenvalue weighted by Crippen LogP contribution is 2.74. The smallest absolute Gasteiger partial charge is 0.302 e. The van der Waals surface area contributed by atoms with Crippen molar-refractivity contribution in [3.8, 4) is 0 Å². The molecule has 0 aliphatic heterocycles. The summed E-state index contributed by atoms with van der Waals surface area (Å²) in [6.07, 6.45) is 11.9. The first-order valence-corrected chi connectivity index (χ1v) is 15.0. The molecule has 0 aromatic rings. The van der Waals surface area contributed by atoms with Crippen LogP contribution < -0.4 is 0 Å². The Labute approximate surface area is 216 Å². The third-order valence-corrected chi connectivity index (χ3v) is 12.8. The van der Waals surface area contributed by atoms with Crippen LogP contribution in [0.5, 0.6) is 0 Å². The second-order valence-corrected chi connectivity index (χ2v) is 15.3. The molecular weight excluding hydrogens is 432 g/mol. The molecule has 0 radical (unpaired) electrons. The summed E-state index contributed by atoms with van der Waals surface area (Å²) in [4.78, 5) is 11.8. The Bertz CT molecular complexity index is 788. The predicted octanol–water partition coefficient (Wildman–Crippen LogP) is 8.04. The lowest BCUT2D eigenvalue weighted by Gasteiger charge is -2.68. The monoisotopic (exact) mass is 488 g/mol. The molecule has 3 heteroatoms. The minimum atomic E-state index is -0.213. The standard InChI is InChI=1S/C32H56O3/c1-20(2)11-10-12-21(3)23-15-18-31(8)24-13-14-26-29(5,6)27(35-22(4)33)16-17-30(26,7)28(24)25(34)19-32(23,31)9/h20-21,23-28,34H,10-19H2,1-9H3. The van der Waals surface area contributed by atoms with Gasteiger partial charge in [0.25, 0.3) is 0 Å². The van der Waals surface area contributed by atoms with Crippen LogP contribution in [0.25, 0.3) is 0 Å². The SMILES string of the molecule is CC(=O)OC1CCC2(C)C3C(O)CC4(C)C(C(C)CCCC(C)C)CCC4(C)C3CCC2C1(C)C. The van der Waals surface area contributed by atoms with Crippen molar-refractivity contribution in [3.05, 3.63) is 0 Å². The normalized spacial score (nSPS) is 47.5. The van der Waals surface area contributed by atoms with E-state index in [2.05, 4.69) is 55.4 Å². The van der Waals surface area contributed by atoms with E-state index in [1.165, 1.54) is 44.9 Å². The highest BCUT2D eigenvalue weighted by atomic mass is 16.5. The van der Waals surface area contributed by atoms with Gasteiger partial charge in [0.2, 0.25) is 0 Å². The lowest BCUT2D eigenvalue weighted by molar-refractivity contribution is -0.237. The second-order valence-electron chi connectivity index (χ2n) is 15.3. The van der Waals surface area contributed by atoms with Crippen molar-refractivity contribution >= 4 is 5.97 Å². The largest absolute Gasteiger partial charge is 0.462 e. The Morgan fingerprint density at radius 1 is 0.943 bits per heavy atom. The average Bonchev–Trinajstić information content (AvgIpc) is 3.00. The topological polar surface area (TPSA) is 46.5 Å². The van der Waals surface area contributed by atoms with Crippen molar-refractivity contribution < 1.29 is 14.6 Å². The number of hydrogen-bond donors (Lipinski definition) is 1. The average molecular weight is 489 g/mol. The van der Waals surface area contributed by atoms with Crippen molar-refractivity contribution in [2.24, 2.45) is 57.2 Å². The fourth-order valence-corrected chi connectivity index (χ4v) is 11.0. The second kappa shape index (κ2) is 9.32. The molecule has 35 heavy (non-hydrogen) atoms. The molecule has 1 N–H and O–H groups in total. The van der Waals surface area contributed by atoms with E-state index in [0.717, 1.165) is 37.0 Å². The maximum atomic E-state index is 12.0. The van der Waals surface area contributed by atoms with Gasteiger partial charge in [0.05, 0.1) is 6.10 Å². The van der Waals surface area contributed by atoms with Crippen molar-refractivity contribution in [3.63, 3.8) is 0 Å². The number of carbonyl (C=O) groups is 1.